The highest BCUT2D eigenvalue weighted by molar-refractivity contribution is 5.81. The summed E-state index contributed by atoms with van der Waals surface area (Å²) in [6.45, 7) is 0.471. The Morgan fingerprint density at radius 3 is 2.41 bits per heavy atom. The topological polar surface area (TPSA) is 99.3 Å². The molecule has 0 radical (unpaired) electrons. The molecule has 34 heavy (non-hydrogen) atoms. The molecule has 1 N–H and O–H groups in total. The molecular weight excluding hydrogens is 432 g/mol. The molecule has 8 nitrogen and oxygen atoms in total. The van der Waals surface area contributed by atoms with E-state index in [1.807, 2.05) is 60.8 Å². The Morgan fingerprint density at radius 1 is 1.00 bits per heavy atom. The minimum atomic E-state index is -0.442. The number of non-ortho nitro benzene ring substituents is 1. The zero-order chi connectivity index (χ0) is 23.9. The van der Waals surface area contributed by atoms with Gasteiger partial charge in [-0.3, -0.25) is 14.9 Å². The van der Waals surface area contributed by atoms with Gasteiger partial charge in [0.25, 0.3) is 5.69 Å². The molecule has 0 spiro atoms. The third kappa shape index (κ3) is 5.29. The summed E-state index contributed by atoms with van der Waals surface area (Å²) < 4.78 is 7.08. The van der Waals surface area contributed by atoms with Crippen molar-refractivity contribution in [2.24, 2.45) is 0 Å². The third-order valence-corrected chi connectivity index (χ3v) is 5.42. The Bertz CT molecular complexity index is 1280. The Kier molecular flexibility index (Phi) is 6.98. The molecule has 0 bridgehead atoms. The van der Waals surface area contributed by atoms with Gasteiger partial charge >= 0.3 is 0 Å². The van der Waals surface area contributed by atoms with Crippen molar-refractivity contribution in [3.63, 3.8) is 0 Å². The lowest BCUT2D eigenvalue weighted by Crippen LogP contribution is -2.27. The lowest BCUT2D eigenvalue weighted by atomic mass is 10.1. The number of hydrogen-bond acceptors (Lipinski definition) is 5. The fraction of sp³-hybridized carbons (Fsp3) is 0.154. The van der Waals surface area contributed by atoms with Crippen molar-refractivity contribution in [3.05, 3.63) is 106 Å². The van der Waals surface area contributed by atoms with E-state index in [2.05, 4.69) is 10.4 Å². The fourth-order valence-electron chi connectivity index (χ4n) is 3.72. The third-order valence-electron chi connectivity index (χ3n) is 5.42. The van der Waals surface area contributed by atoms with Gasteiger partial charge < -0.3 is 10.1 Å². The van der Waals surface area contributed by atoms with Gasteiger partial charge in [0, 0.05) is 36.0 Å². The molecule has 1 heterocycles. The molecule has 0 aliphatic rings. The zero-order valence-electron chi connectivity index (χ0n) is 18.7. The number of methoxy groups -OCH3 is 1. The minimum Gasteiger partial charge on any atom is -0.496 e. The highest BCUT2D eigenvalue weighted by atomic mass is 16.6. The van der Waals surface area contributed by atoms with Crippen LogP contribution < -0.4 is 10.1 Å². The van der Waals surface area contributed by atoms with Crippen LogP contribution in [0.1, 0.15) is 11.1 Å². The maximum Gasteiger partial charge on any atom is 0.269 e. The van der Waals surface area contributed by atoms with Crippen LogP contribution in [0, 0.1) is 10.1 Å². The van der Waals surface area contributed by atoms with E-state index in [-0.39, 0.29) is 18.0 Å². The number of ether oxygens (including phenoxy) is 1. The predicted octanol–water partition coefficient (Wildman–Crippen LogP) is 4.36. The summed E-state index contributed by atoms with van der Waals surface area (Å²) in [6.07, 6.45) is 2.60. The largest absolute Gasteiger partial charge is 0.496 e. The van der Waals surface area contributed by atoms with Gasteiger partial charge in [0.1, 0.15) is 5.75 Å². The summed E-state index contributed by atoms with van der Waals surface area (Å²) in [5.74, 6) is 0.659. The number of nitro groups is 1. The van der Waals surface area contributed by atoms with E-state index in [9.17, 15) is 14.9 Å². The van der Waals surface area contributed by atoms with Crippen LogP contribution in [0.3, 0.4) is 0 Å². The van der Waals surface area contributed by atoms with Gasteiger partial charge in [-0.25, -0.2) is 4.68 Å². The molecule has 0 atom stereocenters. The van der Waals surface area contributed by atoms with Crippen molar-refractivity contribution in [1.82, 2.24) is 15.1 Å². The maximum atomic E-state index is 12.8. The van der Waals surface area contributed by atoms with Gasteiger partial charge in [0.2, 0.25) is 5.91 Å². The first-order chi connectivity index (χ1) is 16.5. The van der Waals surface area contributed by atoms with Crippen LogP contribution >= 0.6 is 0 Å². The number of aromatic nitrogens is 2. The van der Waals surface area contributed by atoms with Crippen molar-refractivity contribution in [2.75, 3.05) is 13.7 Å². The van der Waals surface area contributed by atoms with Crippen molar-refractivity contribution in [3.8, 4) is 22.7 Å². The number of nitro benzene ring substituents is 1. The molecule has 0 fully saturated rings. The van der Waals surface area contributed by atoms with Crippen molar-refractivity contribution in [2.45, 2.75) is 12.8 Å². The monoisotopic (exact) mass is 456 g/mol. The Hall–Kier alpha value is -4.46. The molecule has 172 valence electrons. The van der Waals surface area contributed by atoms with Gasteiger partial charge in [-0.2, -0.15) is 5.10 Å². The molecule has 4 aromatic rings. The summed E-state index contributed by atoms with van der Waals surface area (Å²) in [6, 6.07) is 23.5. The van der Waals surface area contributed by atoms with Gasteiger partial charge in [0.05, 0.1) is 29.8 Å². The lowest BCUT2D eigenvalue weighted by Gasteiger charge is -2.09. The van der Waals surface area contributed by atoms with E-state index in [4.69, 9.17) is 4.74 Å². The van der Waals surface area contributed by atoms with Gasteiger partial charge in [-0.15, -0.1) is 0 Å². The first-order valence-corrected chi connectivity index (χ1v) is 10.8. The quantitative estimate of drug-likeness (QED) is 0.298. The summed E-state index contributed by atoms with van der Waals surface area (Å²) in [4.78, 5) is 23.3. The highest BCUT2D eigenvalue weighted by Crippen LogP contribution is 2.26. The molecule has 0 saturated carbocycles. The molecule has 4 rings (SSSR count). The van der Waals surface area contributed by atoms with E-state index >= 15 is 0 Å². The molecule has 3 aromatic carbocycles. The summed E-state index contributed by atoms with van der Waals surface area (Å²) in [7, 11) is 1.63. The van der Waals surface area contributed by atoms with Crippen LogP contribution in [0.15, 0.2) is 85.1 Å². The van der Waals surface area contributed by atoms with Crippen LogP contribution in [-0.2, 0) is 17.6 Å². The average molecular weight is 457 g/mol. The standard InChI is InChI=1S/C26H24N4O4/c1-34-24-10-6-5-7-19(24)15-16-27-25(31)17-21-18-29(22-8-3-2-4-9-22)28-26(21)20-11-13-23(14-12-20)30(32)33/h2-14,18H,15-17H2,1H3,(H,27,31). The van der Waals surface area contributed by atoms with Crippen molar-refractivity contribution in [1.29, 1.82) is 0 Å². The van der Waals surface area contributed by atoms with Crippen LogP contribution in [0.25, 0.3) is 16.9 Å². The SMILES string of the molecule is COc1ccccc1CCNC(=O)Cc1cn(-c2ccccc2)nc1-c1ccc([N+](=O)[O-])cc1. The van der Waals surface area contributed by atoms with E-state index in [0.29, 0.717) is 24.2 Å². The molecule has 0 saturated heterocycles. The van der Waals surface area contributed by atoms with Crippen LogP contribution in [0.2, 0.25) is 0 Å². The average Bonchev–Trinajstić information content (AvgIpc) is 3.28. The molecule has 0 aliphatic carbocycles. The van der Waals surface area contributed by atoms with Crippen molar-refractivity contribution < 1.29 is 14.5 Å². The molecule has 8 heteroatoms. The highest BCUT2D eigenvalue weighted by Gasteiger charge is 2.17. The van der Waals surface area contributed by atoms with Crippen LogP contribution in [0.5, 0.6) is 5.75 Å². The van der Waals surface area contributed by atoms with Gasteiger partial charge in [-0.1, -0.05) is 36.4 Å². The predicted molar refractivity (Wildman–Crippen MR) is 129 cm³/mol. The molecule has 0 unspecified atom stereocenters. The molecule has 1 aromatic heterocycles. The number of amides is 1. The van der Waals surface area contributed by atoms with Gasteiger partial charge in [0.15, 0.2) is 0 Å². The summed E-state index contributed by atoms with van der Waals surface area (Å²) >= 11 is 0. The number of carbonyl (C=O) groups is 1. The number of benzene rings is 3. The van der Waals surface area contributed by atoms with E-state index in [1.54, 1.807) is 23.9 Å². The number of para-hydroxylation sites is 2. The summed E-state index contributed by atoms with van der Waals surface area (Å²) in [5, 5.41) is 18.7. The minimum absolute atomic E-state index is 0.00174. The van der Waals surface area contributed by atoms with Gasteiger partial charge in [-0.05, 0) is 42.3 Å². The van der Waals surface area contributed by atoms with Crippen LogP contribution in [0.4, 0.5) is 5.69 Å². The maximum absolute atomic E-state index is 12.8. The number of nitrogens with zero attached hydrogens (tertiary/aromatic N) is 3. The Labute approximate surface area is 197 Å². The molecule has 1 amide bonds. The molecular formula is C26H24N4O4. The molecule has 0 aliphatic heterocycles. The van der Waals surface area contributed by atoms with Crippen molar-refractivity contribution >= 4 is 11.6 Å². The number of carbonyl (C=O) groups excluding carboxylic acids is 1. The number of hydrogen-bond donors (Lipinski definition) is 1. The lowest BCUT2D eigenvalue weighted by molar-refractivity contribution is -0.384. The second-order valence-corrected chi connectivity index (χ2v) is 7.68. The second-order valence-electron chi connectivity index (χ2n) is 7.68. The van der Waals surface area contributed by atoms with E-state index in [0.717, 1.165) is 22.6 Å². The normalized spacial score (nSPS) is 10.6. The first kappa shape index (κ1) is 22.7. The number of rotatable bonds is 9. The number of nitrogens with one attached hydrogen (secondary N) is 1. The van der Waals surface area contributed by atoms with Crippen LogP contribution in [-0.4, -0.2) is 34.3 Å². The Morgan fingerprint density at radius 2 is 1.71 bits per heavy atom. The van der Waals surface area contributed by atoms with E-state index < -0.39 is 4.92 Å². The smallest absolute Gasteiger partial charge is 0.269 e. The Balaban J connectivity index is 1.53. The summed E-state index contributed by atoms with van der Waals surface area (Å²) in [5.41, 5.74) is 3.92. The zero-order valence-corrected chi connectivity index (χ0v) is 18.7. The fourth-order valence-corrected chi connectivity index (χ4v) is 3.72. The first-order valence-electron chi connectivity index (χ1n) is 10.8. The second kappa shape index (κ2) is 10.4. The van der Waals surface area contributed by atoms with E-state index in [1.165, 1.54) is 12.1 Å².